The van der Waals surface area contributed by atoms with Crippen molar-refractivity contribution in [2.75, 3.05) is 0 Å². The van der Waals surface area contributed by atoms with Crippen LogP contribution in [0.4, 0.5) is 4.39 Å². The van der Waals surface area contributed by atoms with Crippen LogP contribution in [0.1, 0.15) is 42.7 Å². The lowest BCUT2D eigenvalue weighted by Crippen LogP contribution is -2.13. The highest BCUT2D eigenvalue weighted by atomic mass is 19.1. The monoisotopic (exact) mass is 221 g/mol. The second kappa shape index (κ2) is 4.64. The molecule has 0 atom stereocenters. The molecule has 0 aromatic heterocycles. The van der Waals surface area contributed by atoms with Gasteiger partial charge in [0, 0.05) is 0 Å². The smallest absolute Gasteiger partial charge is 0.123 e. The molecular formula is C13H16FNO. The minimum absolute atomic E-state index is 0.172. The van der Waals surface area contributed by atoms with Crippen molar-refractivity contribution in [1.82, 2.24) is 0 Å². The van der Waals surface area contributed by atoms with Gasteiger partial charge in [-0.05, 0) is 61.8 Å². The van der Waals surface area contributed by atoms with E-state index in [9.17, 15) is 4.39 Å². The van der Waals surface area contributed by atoms with Gasteiger partial charge in [0.25, 0.3) is 0 Å². The minimum Gasteiger partial charge on any atom is -0.411 e. The van der Waals surface area contributed by atoms with E-state index in [0.29, 0.717) is 5.92 Å². The fraction of sp³-hybridized carbons (Fsp3) is 0.462. The van der Waals surface area contributed by atoms with Crippen LogP contribution >= 0.6 is 0 Å². The average Bonchev–Trinajstić information content (AvgIpc) is 2.29. The maximum absolute atomic E-state index is 13.0. The molecule has 86 valence electrons. The van der Waals surface area contributed by atoms with Gasteiger partial charge in [0.1, 0.15) is 5.82 Å². The van der Waals surface area contributed by atoms with E-state index in [1.54, 1.807) is 6.07 Å². The molecule has 16 heavy (non-hydrogen) atoms. The Labute approximate surface area is 94.8 Å². The highest BCUT2D eigenvalue weighted by molar-refractivity contribution is 5.84. The zero-order valence-corrected chi connectivity index (χ0v) is 9.41. The minimum atomic E-state index is -0.172. The van der Waals surface area contributed by atoms with E-state index in [2.05, 4.69) is 5.16 Å². The van der Waals surface area contributed by atoms with Gasteiger partial charge in [-0.25, -0.2) is 4.39 Å². The Hall–Kier alpha value is -1.38. The lowest BCUT2D eigenvalue weighted by Gasteiger charge is -2.24. The molecule has 0 unspecified atom stereocenters. The zero-order valence-electron chi connectivity index (χ0n) is 9.41. The third-order valence-corrected chi connectivity index (χ3v) is 3.38. The summed E-state index contributed by atoms with van der Waals surface area (Å²) in [5.74, 6) is 0.306. The van der Waals surface area contributed by atoms with Crippen molar-refractivity contribution in [2.24, 2.45) is 5.16 Å². The summed E-state index contributed by atoms with van der Waals surface area (Å²) in [7, 11) is 0. The summed E-state index contributed by atoms with van der Waals surface area (Å²) in [5.41, 5.74) is 3.14. The third-order valence-electron chi connectivity index (χ3n) is 3.38. The molecule has 2 nitrogen and oxygen atoms in total. The number of oxime groups is 1. The maximum Gasteiger partial charge on any atom is 0.123 e. The molecule has 1 saturated carbocycles. The Kier molecular flexibility index (Phi) is 3.22. The number of aryl methyl sites for hydroxylation is 1. The van der Waals surface area contributed by atoms with Crippen LogP contribution in [-0.4, -0.2) is 10.9 Å². The fourth-order valence-corrected chi connectivity index (χ4v) is 2.46. The van der Waals surface area contributed by atoms with E-state index in [-0.39, 0.29) is 5.82 Å². The predicted octanol–water partition coefficient (Wildman–Crippen LogP) is 3.62. The lowest BCUT2D eigenvalue weighted by atomic mass is 9.81. The van der Waals surface area contributed by atoms with E-state index in [1.165, 1.54) is 11.6 Å². The Morgan fingerprint density at radius 1 is 1.31 bits per heavy atom. The van der Waals surface area contributed by atoms with Crippen molar-refractivity contribution in [3.05, 3.63) is 35.1 Å². The molecule has 0 amide bonds. The normalized spacial score (nSPS) is 20.9. The van der Waals surface area contributed by atoms with Gasteiger partial charge in [-0.3, -0.25) is 0 Å². The summed E-state index contributed by atoms with van der Waals surface area (Å²) < 4.78 is 13.0. The molecule has 0 bridgehead atoms. The first-order valence-corrected chi connectivity index (χ1v) is 5.66. The number of hydrogen-bond acceptors (Lipinski definition) is 2. The molecular weight excluding hydrogens is 205 g/mol. The molecule has 1 fully saturated rings. The van der Waals surface area contributed by atoms with Crippen LogP contribution in [0, 0.1) is 12.7 Å². The van der Waals surface area contributed by atoms with Crippen LogP contribution < -0.4 is 0 Å². The number of nitrogens with zero attached hydrogens (tertiary/aromatic N) is 1. The van der Waals surface area contributed by atoms with Crippen LogP contribution in [-0.2, 0) is 0 Å². The van der Waals surface area contributed by atoms with Crippen LogP contribution in [0.15, 0.2) is 23.4 Å². The fourth-order valence-electron chi connectivity index (χ4n) is 2.46. The molecule has 1 aliphatic carbocycles. The zero-order chi connectivity index (χ0) is 11.5. The van der Waals surface area contributed by atoms with Gasteiger partial charge in [0.05, 0.1) is 5.71 Å². The molecule has 0 saturated heterocycles. The molecule has 1 aromatic rings. The molecule has 0 heterocycles. The highest BCUT2D eigenvalue weighted by Crippen LogP contribution is 2.33. The van der Waals surface area contributed by atoms with Crippen molar-refractivity contribution in [1.29, 1.82) is 0 Å². The van der Waals surface area contributed by atoms with Gasteiger partial charge in [-0.15, -0.1) is 0 Å². The number of rotatable bonds is 1. The summed E-state index contributed by atoms with van der Waals surface area (Å²) in [5, 5.41) is 11.9. The second-order valence-electron chi connectivity index (χ2n) is 4.44. The van der Waals surface area contributed by atoms with Crippen molar-refractivity contribution < 1.29 is 9.60 Å². The van der Waals surface area contributed by atoms with E-state index < -0.39 is 0 Å². The Morgan fingerprint density at radius 3 is 2.56 bits per heavy atom. The van der Waals surface area contributed by atoms with E-state index in [4.69, 9.17) is 5.21 Å². The highest BCUT2D eigenvalue weighted by Gasteiger charge is 2.20. The van der Waals surface area contributed by atoms with Gasteiger partial charge in [-0.2, -0.15) is 0 Å². The van der Waals surface area contributed by atoms with Crippen LogP contribution in [0.25, 0.3) is 0 Å². The van der Waals surface area contributed by atoms with Crippen molar-refractivity contribution in [3.63, 3.8) is 0 Å². The average molecular weight is 221 g/mol. The topological polar surface area (TPSA) is 32.6 Å². The quantitative estimate of drug-likeness (QED) is 0.570. The Balaban J connectivity index is 2.14. The number of benzene rings is 1. The van der Waals surface area contributed by atoms with Crippen LogP contribution in [0.2, 0.25) is 0 Å². The molecule has 3 heteroatoms. The summed E-state index contributed by atoms with van der Waals surface area (Å²) in [6.07, 6.45) is 3.67. The largest absolute Gasteiger partial charge is 0.411 e. The Bertz CT molecular complexity index is 404. The summed E-state index contributed by atoms with van der Waals surface area (Å²) in [6, 6.07) is 5.00. The second-order valence-corrected chi connectivity index (χ2v) is 4.44. The number of hydrogen-bond donors (Lipinski definition) is 1. The first-order valence-electron chi connectivity index (χ1n) is 5.66. The molecule has 1 N–H and O–H groups in total. The van der Waals surface area contributed by atoms with E-state index >= 15 is 0 Å². The van der Waals surface area contributed by atoms with Crippen molar-refractivity contribution in [3.8, 4) is 0 Å². The van der Waals surface area contributed by atoms with E-state index in [0.717, 1.165) is 37.0 Å². The maximum atomic E-state index is 13.0. The first kappa shape index (κ1) is 11.1. The first-order chi connectivity index (χ1) is 7.70. The summed E-state index contributed by atoms with van der Waals surface area (Å²) >= 11 is 0. The van der Waals surface area contributed by atoms with Crippen LogP contribution in [0.5, 0.6) is 0 Å². The lowest BCUT2D eigenvalue weighted by molar-refractivity contribution is 0.313. The molecule has 1 aliphatic rings. The van der Waals surface area contributed by atoms with Gasteiger partial charge in [-0.1, -0.05) is 11.2 Å². The van der Waals surface area contributed by atoms with Crippen LogP contribution in [0.3, 0.4) is 0 Å². The molecule has 0 aliphatic heterocycles. The van der Waals surface area contributed by atoms with E-state index in [1.807, 2.05) is 13.0 Å². The van der Waals surface area contributed by atoms with Gasteiger partial charge >= 0.3 is 0 Å². The van der Waals surface area contributed by atoms with Gasteiger partial charge < -0.3 is 5.21 Å². The molecule has 0 radical (unpaired) electrons. The van der Waals surface area contributed by atoms with Crippen molar-refractivity contribution in [2.45, 2.75) is 38.5 Å². The third kappa shape index (κ3) is 2.23. The van der Waals surface area contributed by atoms with Gasteiger partial charge in [0.15, 0.2) is 0 Å². The summed E-state index contributed by atoms with van der Waals surface area (Å²) in [6.45, 7) is 1.95. The molecule has 2 rings (SSSR count). The molecule has 0 spiro atoms. The predicted molar refractivity (Wildman–Crippen MR) is 61.6 cm³/mol. The summed E-state index contributed by atoms with van der Waals surface area (Å²) in [4.78, 5) is 0. The molecule has 1 aromatic carbocycles. The number of halogens is 1. The SMILES string of the molecule is Cc1cc(F)ccc1C1CCC(=NO)CC1. The van der Waals surface area contributed by atoms with Crippen molar-refractivity contribution >= 4 is 5.71 Å². The standard InChI is InChI=1S/C13H16FNO/c1-9-8-11(14)4-7-13(9)10-2-5-12(15-16)6-3-10/h4,7-8,10,16H,2-3,5-6H2,1H3. The van der Waals surface area contributed by atoms with Gasteiger partial charge in [0.2, 0.25) is 0 Å². The Morgan fingerprint density at radius 2 is 2.00 bits per heavy atom.